The Kier molecular flexibility index (Phi) is 6.15. The summed E-state index contributed by atoms with van der Waals surface area (Å²) in [6.07, 6.45) is 2.36. The molecular weight excluding hydrogens is 493 g/mol. The van der Waals surface area contributed by atoms with Gasteiger partial charge in [-0.3, -0.25) is 14.4 Å². The van der Waals surface area contributed by atoms with Crippen molar-refractivity contribution >= 4 is 34.6 Å². The fraction of sp³-hybridized carbons (Fsp3) is 0.520. The van der Waals surface area contributed by atoms with Gasteiger partial charge in [0.25, 0.3) is 5.91 Å². The number of ether oxygens (including phenoxy) is 1. The zero-order chi connectivity index (χ0) is 26.5. The van der Waals surface area contributed by atoms with Gasteiger partial charge < -0.3 is 25.7 Å². The lowest BCUT2D eigenvalue weighted by molar-refractivity contribution is -0.146. The van der Waals surface area contributed by atoms with Crippen LogP contribution >= 0.6 is 0 Å². The van der Waals surface area contributed by atoms with E-state index in [0.717, 1.165) is 26.0 Å². The fourth-order valence-electron chi connectivity index (χ4n) is 4.97. The molecule has 1 aromatic carbocycles. The first kappa shape index (κ1) is 25.1. The average molecular weight is 521 g/mol. The van der Waals surface area contributed by atoms with E-state index >= 15 is 0 Å². The van der Waals surface area contributed by atoms with E-state index in [1.165, 1.54) is 12.1 Å². The lowest BCUT2D eigenvalue weighted by atomic mass is 9.95. The van der Waals surface area contributed by atoms with Crippen LogP contribution < -0.4 is 16.0 Å². The lowest BCUT2D eigenvalue weighted by Gasteiger charge is -2.24. The van der Waals surface area contributed by atoms with Crippen LogP contribution in [0.4, 0.5) is 13.2 Å². The molecule has 3 atom stereocenters. The SMILES string of the molecule is COC(=O)[C@H](C[C@@H]1CC2(CC2)NC1=O)NC(=O)C(CC1(F)CC1)NC(=O)c1cc2ccc(F)c(F)c2[nH]1. The van der Waals surface area contributed by atoms with Crippen molar-refractivity contribution in [3.63, 3.8) is 0 Å². The maximum Gasteiger partial charge on any atom is 0.328 e. The van der Waals surface area contributed by atoms with Crippen LogP contribution in [0.2, 0.25) is 0 Å². The number of carbonyl (C=O) groups is 4. The van der Waals surface area contributed by atoms with Crippen molar-refractivity contribution in [1.82, 2.24) is 20.9 Å². The van der Waals surface area contributed by atoms with Crippen molar-refractivity contribution in [3.8, 4) is 0 Å². The first-order valence-corrected chi connectivity index (χ1v) is 12.2. The summed E-state index contributed by atoms with van der Waals surface area (Å²) < 4.78 is 47.1. The quantitative estimate of drug-likeness (QED) is 0.377. The smallest absolute Gasteiger partial charge is 0.328 e. The summed E-state index contributed by atoms with van der Waals surface area (Å²) in [5.74, 6) is -5.37. The highest BCUT2D eigenvalue weighted by Crippen LogP contribution is 2.46. The molecule has 3 amide bonds. The van der Waals surface area contributed by atoms with Crippen molar-refractivity contribution < 1.29 is 37.1 Å². The van der Waals surface area contributed by atoms with Gasteiger partial charge in [-0.05, 0) is 56.7 Å². The van der Waals surface area contributed by atoms with E-state index < -0.39 is 53.1 Å². The van der Waals surface area contributed by atoms with Crippen LogP contribution in [0.15, 0.2) is 18.2 Å². The zero-order valence-electron chi connectivity index (χ0n) is 20.1. The zero-order valence-corrected chi connectivity index (χ0v) is 20.1. The molecule has 5 rings (SSSR count). The molecule has 2 saturated carbocycles. The molecule has 1 aromatic heterocycles. The van der Waals surface area contributed by atoms with Crippen LogP contribution in [-0.4, -0.2) is 59.1 Å². The number of aromatic nitrogens is 1. The Hall–Kier alpha value is -3.57. The number of benzene rings is 1. The van der Waals surface area contributed by atoms with Crippen molar-refractivity contribution in [1.29, 1.82) is 0 Å². The molecule has 2 aromatic rings. The molecule has 2 aliphatic carbocycles. The minimum Gasteiger partial charge on any atom is -0.467 e. The highest BCUT2D eigenvalue weighted by Gasteiger charge is 2.53. The van der Waals surface area contributed by atoms with E-state index in [1.54, 1.807) is 0 Å². The van der Waals surface area contributed by atoms with Crippen LogP contribution in [0.3, 0.4) is 0 Å². The number of alkyl halides is 1. The van der Waals surface area contributed by atoms with Gasteiger partial charge in [-0.2, -0.15) is 0 Å². The van der Waals surface area contributed by atoms with E-state index in [4.69, 9.17) is 4.74 Å². The molecule has 37 heavy (non-hydrogen) atoms. The second-order valence-electron chi connectivity index (χ2n) is 10.4. The molecule has 1 spiro atoms. The second-order valence-corrected chi connectivity index (χ2v) is 10.4. The molecular formula is C25H27F3N4O5. The van der Waals surface area contributed by atoms with E-state index in [0.29, 0.717) is 6.42 Å². The van der Waals surface area contributed by atoms with Gasteiger partial charge >= 0.3 is 5.97 Å². The van der Waals surface area contributed by atoms with Gasteiger partial charge in [0.15, 0.2) is 11.6 Å². The van der Waals surface area contributed by atoms with Gasteiger partial charge in [-0.25, -0.2) is 18.0 Å². The summed E-state index contributed by atoms with van der Waals surface area (Å²) in [6.45, 7) is 0. The average Bonchev–Trinajstić information content (AvgIpc) is 3.70. The normalized spacial score (nSPS) is 22.3. The van der Waals surface area contributed by atoms with Gasteiger partial charge in [0.05, 0.1) is 12.6 Å². The summed E-state index contributed by atoms with van der Waals surface area (Å²) in [4.78, 5) is 53.4. The van der Waals surface area contributed by atoms with Crippen molar-refractivity contribution in [2.45, 2.75) is 68.2 Å². The Morgan fingerprint density at radius 1 is 1.14 bits per heavy atom. The number of hydrogen-bond donors (Lipinski definition) is 4. The molecule has 9 nitrogen and oxygen atoms in total. The molecule has 1 saturated heterocycles. The van der Waals surface area contributed by atoms with Crippen molar-refractivity contribution in [2.24, 2.45) is 5.92 Å². The van der Waals surface area contributed by atoms with Crippen molar-refractivity contribution in [2.75, 3.05) is 7.11 Å². The summed E-state index contributed by atoms with van der Waals surface area (Å²) >= 11 is 0. The van der Waals surface area contributed by atoms with Crippen LogP contribution in [0.5, 0.6) is 0 Å². The molecule has 4 N–H and O–H groups in total. The summed E-state index contributed by atoms with van der Waals surface area (Å²) in [7, 11) is 1.15. The first-order valence-electron chi connectivity index (χ1n) is 12.2. The number of nitrogens with one attached hydrogen (secondary N) is 4. The Morgan fingerprint density at radius 2 is 1.86 bits per heavy atom. The third kappa shape index (κ3) is 5.14. The number of methoxy groups -OCH3 is 1. The number of H-pyrrole nitrogens is 1. The van der Waals surface area contributed by atoms with E-state index in [-0.39, 0.29) is 53.7 Å². The van der Waals surface area contributed by atoms with Gasteiger partial charge in [0.2, 0.25) is 11.8 Å². The highest BCUT2D eigenvalue weighted by molar-refractivity contribution is 6.00. The molecule has 1 unspecified atom stereocenters. The standard InChI is InChI=1S/C25H27F3N4O5/c1-37-23(36)16(9-13-10-25(6-7-25)32-20(13)33)30-22(35)17(11-24(28)4-5-24)31-21(34)15-8-12-2-3-14(26)18(27)19(12)29-15/h2-3,8,13,16-17,29H,4-7,9-11H2,1H3,(H,30,35)(H,31,34)(H,32,33)/t13-,16+,17?/m1/s1. The summed E-state index contributed by atoms with van der Waals surface area (Å²) in [6, 6.07) is 0.951. The molecule has 3 aliphatic rings. The van der Waals surface area contributed by atoms with E-state index in [2.05, 4.69) is 20.9 Å². The molecule has 2 heterocycles. The maximum atomic E-state index is 14.7. The van der Waals surface area contributed by atoms with Crippen LogP contribution in [0.1, 0.15) is 55.4 Å². The predicted molar refractivity (Wildman–Crippen MR) is 124 cm³/mol. The molecule has 0 bridgehead atoms. The molecule has 1 aliphatic heterocycles. The first-order chi connectivity index (χ1) is 17.5. The van der Waals surface area contributed by atoms with E-state index in [1.807, 2.05) is 0 Å². The summed E-state index contributed by atoms with van der Waals surface area (Å²) in [5, 5.41) is 8.13. The number of rotatable bonds is 9. The molecule has 12 heteroatoms. The molecule has 198 valence electrons. The number of aromatic amines is 1. The van der Waals surface area contributed by atoms with Crippen LogP contribution in [0.25, 0.3) is 10.9 Å². The van der Waals surface area contributed by atoms with Gasteiger partial charge in [0.1, 0.15) is 23.4 Å². The minimum atomic E-state index is -1.64. The molecule has 0 radical (unpaired) electrons. The largest absolute Gasteiger partial charge is 0.467 e. The van der Waals surface area contributed by atoms with Crippen LogP contribution in [0, 0.1) is 17.6 Å². The predicted octanol–water partition coefficient (Wildman–Crippen LogP) is 2.15. The Balaban J connectivity index is 1.31. The van der Waals surface area contributed by atoms with E-state index in [9.17, 15) is 32.3 Å². The Bertz CT molecular complexity index is 1290. The Labute approximate surface area is 209 Å². The topological polar surface area (TPSA) is 129 Å². The van der Waals surface area contributed by atoms with Gasteiger partial charge in [0, 0.05) is 23.3 Å². The summed E-state index contributed by atoms with van der Waals surface area (Å²) in [5.41, 5.74) is -2.24. The third-order valence-electron chi connectivity index (χ3n) is 7.49. The lowest BCUT2D eigenvalue weighted by Crippen LogP contribution is -2.53. The number of fused-ring (bicyclic) bond motifs is 1. The fourth-order valence-corrected chi connectivity index (χ4v) is 4.97. The number of hydrogen-bond acceptors (Lipinski definition) is 5. The molecule has 3 fully saturated rings. The van der Waals surface area contributed by atoms with Crippen LogP contribution in [-0.2, 0) is 19.1 Å². The highest BCUT2D eigenvalue weighted by atomic mass is 19.2. The number of halogens is 3. The second kappa shape index (κ2) is 9.07. The van der Waals surface area contributed by atoms with Gasteiger partial charge in [-0.15, -0.1) is 0 Å². The van der Waals surface area contributed by atoms with Crippen molar-refractivity contribution in [3.05, 3.63) is 35.5 Å². The number of amides is 3. The number of esters is 1. The van der Waals surface area contributed by atoms with Gasteiger partial charge in [-0.1, -0.05) is 0 Å². The monoisotopic (exact) mass is 520 g/mol. The maximum absolute atomic E-state index is 14.7. The minimum absolute atomic E-state index is 0.000287. The Morgan fingerprint density at radius 3 is 2.49 bits per heavy atom. The number of carbonyl (C=O) groups excluding carboxylic acids is 4. The third-order valence-corrected chi connectivity index (χ3v) is 7.49.